The summed E-state index contributed by atoms with van der Waals surface area (Å²) in [5, 5.41) is 2.07. The van der Waals surface area contributed by atoms with Crippen molar-refractivity contribution in [2.45, 2.75) is 13.0 Å². The summed E-state index contributed by atoms with van der Waals surface area (Å²) in [4.78, 5) is 18.7. The van der Waals surface area contributed by atoms with Crippen LogP contribution in [0.5, 0.6) is 0 Å². The monoisotopic (exact) mass is 332 g/mol. The molecule has 0 saturated carbocycles. The molecule has 0 unspecified atom stereocenters. The van der Waals surface area contributed by atoms with Gasteiger partial charge in [0.1, 0.15) is 5.82 Å². The summed E-state index contributed by atoms with van der Waals surface area (Å²) in [7, 11) is 0. The second kappa shape index (κ2) is 6.42. The average molecular weight is 332 g/mol. The SMILES string of the molecule is O=C(Cn1c(Cc2cccs2)nc2ccccc21)c1ccccc1. The molecule has 3 nitrogen and oxygen atoms in total. The Morgan fingerprint density at radius 1 is 0.958 bits per heavy atom. The lowest BCUT2D eigenvalue weighted by molar-refractivity contribution is 0.0972. The first-order chi connectivity index (χ1) is 11.8. The molecule has 0 saturated heterocycles. The summed E-state index contributed by atoms with van der Waals surface area (Å²) in [5.41, 5.74) is 2.68. The number of carbonyl (C=O) groups excluding carboxylic acids is 1. The highest BCUT2D eigenvalue weighted by Crippen LogP contribution is 2.21. The number of para-hydroxylation sites is 2. The summed E-state index contributed by atoms with van der Waals surface area (Å²) in [6.07, 6.45) is 0.744. The van der Waals surface area contributed by atoms with Crippen LogP contribution in [0.1, 0.15) is 21.1 Å². The Balaban J connectivity index is 1.73. The minimum absolute atomic E-state index is 0.103. The Bertz CT molecular complexity index is 971. The van der Waals surface area contributed by atoms with Crippen LogP contribution in [0.4, 0.5) is 0 Å². The van der Waals surface area contributed by atoms with E-state index in [1.807, 2.05) is 65.2 Å². The molecule has 118 valence electrons. The topological polar surface area (TPSA) is 34.9 Å². The zero-order chi connectivity index (χ0) is 16.4. The van der Waals surface area contributed by atoms with Gasteiger partial charge >= 0.3 is 0 Å². The maximum Gasteiger partial charge on any atom is 0.182 e. The van der Waals surface area contributed by atoms with Crippen molar-refractivity contribution < 1.29 is 4.79 Å². The maximum atomic E-state index is 12.7. The molecule has 0 N–H and O–H groups in total. The van der Waals surface area contributed by atoms with Crippen LogP contribution < -0.4 is 0 Å². The number of benzene rings is 2. The van der Waals surface area contributed by atoms with Crippen molar-refractivity contribution in [1.29, 1.82) is 0 Å². The third-order valence-corrected chi connectivity index (χ3v) is 4.92. The molecule has 2 heterocycles. The van der Waals surface area contributed by atoms with E-state index in [0.717, 1.165) is 28.8 Å². The molecule has 24 heavy (non-hydrogen) atoms. The van der Waals surface area contributed by atoms with Crippen molar-refractivity contribution in [2.75, 3.05) is 0 Å². The van der Waals surface area contributed by atoms with Gasteiger partial charge in [-0.25, -0.2) is 4.98 Å². The van der Waals surface area contributed by atoms with Gasteiger partial charge in [0.05, 0.1) is 17.6 Å². The summed E-state index contributed by atoms with van der Waals surface area (Å²) < 4.78 is 2.05. The minimum Gasteiger partial charge on any atom is -0.320 e. The number of Topliss-reactive ketones (excluding diaryl/α,β-unsaturated/α-hetero) is 1. The van der Waals surface area contributed by atoms with Crippen LogP contribution >= 0.6 is 11.3 Å². The Labute approximate surface area is 144 Å². The molecule has 4 aromatic rings. The molecule has 4 heteroatoms. The van der Waals surface area contributed by atoms with Crippen molar-refractivity contribution >= 4 is 28.2 Å². The predicted molar refractivity (Wildman–Crippen MR) is 97.6 cm³/mol. The standard InChI is InChI=1S/C20H16N2OS/c23-19(15-7-2-1-3-8-15)14-22-18-11-5-4-10-17(18)21-20(22)13-16-9-6-12-24-16/h1-12H,13-14H2. The zero-order valence-electron chi connectivity index (χ0n) is 13.1. The third-order valence-electron chi connectivity index (χ3n) is 4.04. The van der Waals surface area contributed by atoms with Gasteiger partial charge in [-0.15, -0.1) is 11.3 Å². The smallest absolute Gasteiger partial charge is 0.182 e. The Kier molecular flexibility index (Phi) is 3.97. The number of nitrogens with zero attached hydrogens (tertiary/aromatic N) is 2. The molecule has 0 aliphatic rings. The molecule has 4 rings (SSSR count). The van der Waals surface area contributed by atoms with Gasteiger partial charge in [-0.05, 0) is 23.6 Å². The largest absolute Gasteiger partial charge is 0.320 e. The van der Waals surface area contributed by atoms with Crippen LogP contribution in [-0.2, 0) is 13.0 Å². The normalized spacial score (nSPS) is 11.0. The Hall–Kier alpha value is -2.72. The van der Waals surface area contributed by atoms with Gasteiger partial charge < -0.3 is 4.57 Å². The molecular weight excluding hydrogens is 316 g/mol. The number of rotatable bonds is 5. The molecule has 0 atom stereocenters. The van der Waals surface area contributed by atoms with Crippen LogP contribution in [0, 0.1) is 0 Å². The van der Waals surface area contributed by atoms with E-state index in [4.69, 9.17) is 4.98 Å². The third kappa shape index (κ3) is 2.88. The lowest BCUT2D eigenvalue weighted by Crippen LogP contribution is -2.13. The molecule has 0 radical (unpaired) electrons. The summed E-state index contributed by atoms with van der Waals surface area (Å²) >= 11 is 1.71. The van der Waals surface area contributed by atoms with Gasteiger partial charge in [0, 0.05) is 16.9 Å². The van der Waals surface area contributed by atoms with E-state index in [2.05, 4.69) is 11.4 Å². The minimum atomic E-state index is 0.103. The first kappa shape index (κ1) is 14.8. The van der Waals surface area contributed by atoms with Gasteiger partial charge in [0.15, 0.2) is 5.78 Å². The van der Waals surface area contributed by atoms with Gasteiger partial charge in [-0.2, -0.15) is 0 Å². The van der Waals surface area contributed by atoms with E-state index >= 15 is 0 Å². The highest BCUT2D eigenvalue weighted by atomic mass is 32.1. The summed E-state index contributed by atoms with van der Waals surface area (Å²) in [6, 6.07) is 21.6. The summed E-state index contributed by atoms with van der Waals surface area (Å²) in [5.74, 6) is 1.04. The van der Waals surface area contributed by atoms with Crippen molar-refractivity contribution in [2.24, 2.45) is 0 Å². The predicted octanol–water partition coefficient (Wildman–Crippen LogP) is 4.57. The number of hydrogen-bond donors (Lipinski definition) is 0. The van der Waals surface area contributed by atoms with Gasteiger partial charge in [-0.1, -0.05) is 48.5 Å². The highest BCUT2D eigenvalue weighted by molar-refractivity contribution is 7.09. The molecular formula is C20H16N2OS. The lowest BCUT2D eigenvalue weighted by Gasteiger charge is -2.08. The second-order valence-electron chi connectivity index (χ2n) is 5.65. The van der Waals surface area contributed by atoms with E-state index in [-0.39, 0.29) is 5.78 Å². The fraction of sp³-hybridized carbons (Fsp3) is 0.100. The molecule has 0 aliphatic heterocycles. The lowest BCUT2D eigenvalue weighted by atomic mass is 10.1. The average Bonchev–Trinajstić information content (AvgIpc) is 3.25. The van der Waals surface area contributed by atoms with E-state index in [0.29, 0.717) is 6.54 Å². The molecule has 0 bridgehead atoms. The molecule has 0 aliphatic carbocycles. The number of fused-ring (bicyclic) bond motifs is 1. The van der Waals surface area contributed by atoms with Gasteiger partial charge in [0.2, 0.25) is 0 Å². The summed E-state index contributed by atoms with van der Waals surface area (Å²) in [6.45, 7) is 0.311. The Morgan fingerprint density at radius 3 is 2.54 bits per heavy atom. The fourth-order valence-corrected chi connectivity index (χ4v) is 3.57. The number of carbonyl (C=O) groups is 1. The molecule has 2 aromatic heterocycles. The van der Waals surface area contributed by atoms with Crippen LogP contribution in [-0.4, -0.2) is 15.3 Å². The zero-order valence-corrected chi connectivity index (χ0v) is 13.9. The number of aromatic nitrogens is 2. The fourth-order valence-electron chi connectivity index (χ4n) is 2.86. The molecule has 2 aromatic carbocycles. The number of hydrogen-bond acceptors (Lipinski definition) is 3. The van der Waals surface area contributed by atoms with E-state index in [1.165, 1.54) is 4.88 Å². The van der Waals surface area contributed by atoms with Crippen LogP contribution in [0.25, 0.3) is 11.0 Å². The van der Waals surface area contributed by atoms with Crippen molar-refractivity contribution in [3.05, 3.63) is 88.4 Å². The van der Waals surface area contributed by atoms with E-state index < -0.39 is 0 Å². The number of ketones is 1. The number of imidazole rings is 1. The van der Waals surface area contributed by atoms with Crippen molar-refractivity contribution in [3.8, 4) is 0 Å². The van der Waals surface area contributed by atoms with Crippen molar-refractivity contribution in [3.63, 3.8) is 0 Å². The second-order valence-corrected chi connectivity index (χ2v) is 6.68. The van der Waals surface area contributed by atoms with E-state index in [1.54, 1.807) is 11.3 Å². The molecule has 0 fully saturated rings. The van der Waals surface area contributed by atoms with Crippen LogP contribution in [0.3, 0.4) is 0 Å². The van der Waals surface area contributed by atoms with Crippen LogP contribution in [0.2, 0.25) is 0 Å². The van der Waals surface area contributed by atoms with Crippen LogP contribution in [0.15, 0.2) is 72.1 Å². The van der Waals surface area contributed by atoms with E-state index in [9.17, 15) is 4.79 Å². The number of thiophene rings is 1. The highest BCUT2D eigenvalue weighted by Gasteiger charge is 2.15. The van der Waals surface area contributed by atoms with Crippen molar-refractivity contribution in [1.82, 2.24) is 9.55 Å². The quantitative estimate of drug-likeness (QED) is 0.502. The first-order valence-electron chi connectivity index (χ1n) is 7.86. The Morgan fingerprint density at radius 2 is 1.75 bits per heavy atom. The molecule has 0 amide bonds. The molecule has 0 spiro atoms. The first-order valence-corrected chi connectivity index (χ1v) is 8.74. The van der Waals surface area contributed by atoms with Gasteiger partial charge in [0.25, 0.3) is 0 Å². The van der Waals surface area contributed by atoms with Gasteiger partial charge in [-0.3, -0.25) is 4.79 Å². The maximum absolute atomic E-state index is 12.7.